The van der Waals surface area contributed by atoms with Crippen LogP contribution >= 0.6 is 11.8 Å². The first-order valence-corrected chi connectivity index (χ1v) is 10.0. The van der Waals surface area contributed by atoms with Crippen LogP contribution in [0.3, 0.4) is 0 Å². The molecule has 0 saturated heterocycles. The zero-order chi connectivity index (χ0) is 20.3. The molecule has 3 rings (SSSR count). The van der Waals surface area contributed by atoms with E-state index in [1.54, 1.807) is 35.8 Å². The summed E-state index contributed by atoms with van der Waals surface area (Å²) < 4.78 is 14.7. The molecule has 0 saturated carbocycles. The highest BCUT2D eigenvalue weighted by atomic mass is 32.2. The van der Waals surface area contributed by atoms with Crippen molar-refractivity contribution in [3.8, 4) is 0 Å². The molecule has 3 aromatic rings. The van der Waals surface area contributed by atoms with Gasteiger partial charge in [0.1, 0.15) is 5.82 Å². The van der Waals surface area contributed by atoms with Crippen LogP contribution in [-0.4, -0.2) is 20.7 Å². The van der Waals surface area contributed by atoms with Crippen molar-refractivity contribution in [3.63, 3.8) is 0 Å². The predicted molar refractivity (Wildman–Crippen MR) is 110 cm³/mol. The molecule has 0 aliphatic rings. The zero-order valence-electron chi connectivity index (χ0n) is 16.0. The monoisotopic (exact) mass is 399 g/mol. The number of nitrogens with one attached hydrogen (secondary N) is 1. The number of rotatable bonds is 6. The van der Waals surface area contributed by atoms with Gasteiger partial charge in [0.15, 0.2) is 5.16 Å². The van der Waals surface area contributed by atoms with Crippen LogP contribution in [0.2, 0.25) is 0 Å². The van der Waals surface area contributed by atoms with Crippen molar-refractivity contribution >= 4 is 28.6 Å². The van der Waals surface area contributed by atoms with Crippen LogP contribution in [0.15, 0.2) is 58.5 Å². The smallest absolute Gasteiger partial charge is 0.262 e. The third-order valence-corrected chi connectivity index (χ3v) is 5.61. The normalized spacial score (nSPS) is 13.3. The van der Waals surface area contributed by atoms with Gasteiger partial charge in [-0.05, 0) is 50.6 Å². The summed E-state index contributed by atoms with van der Waals surface area (Å²) in [6.45, 7) is 5.97. The Morgan fingerprint density at radius 2 is 1.86 bits per heavy atom. The average molecular weight is 399 g/mol. The number of hydrogen-bond donors (Lipinski definition) is 1. The van der Waals surface area contributed by atoms with Crippen molar-refractivity contribution in [1.82, 2.24) is 14.9 Å². The molecular formula is C21H22FN3O2S. The Kier molecular flexibility index (Phi) is 6.14. The van der Waals surface area contributed by atoms with E-state index in [1.165, 1.54) is 23.9 Å². The van der Waals surface area contributed by atoms with Gasteiger partial charge in [-0.1, -0.05) is 36.0 Å². The summed E-state index contributed by atoms with van der Waals surface area (Å²) in [6, 6.07) is 13.0. The lowest BCUT2D eigenvalue weighted by atomic mass is 10.1. The van der Waals surface area contributed by atoms with Gasteiger partial charge in [0.2, 0.25) is 5.91 Å². The highest BCUT2D eigenvalue weighted by Gasteiger charge is 2.20. The van der Waals surface area contributed by atoms with E-state index >= 15 is 0 Å². The fourth-order valence-electron chi connectivity index (χ4n) is 2.89. The van der Waals surface area contributed by atoms with E-state index < -0.39 is 5.25 Å². The molecule has 1 heterocycles. The highest BCUT2D eigenvalue weighted by molar-refractivity contribution is 8.00. The quantitative estimate of drug-likeness (QED) is 0.504. The summed E-state index contributed by atoms with van der Waals surface area (Å²) in [4.78, 5) is 29.9. The van der Waals surface area contributed by atoms with Gasteiger partial charge in [0.25, 0.3) is 5.56 Å². The second-order valence-corrected chi connectivity index (χ2v) is 7.81. The minimum absolute atomic E-state index is 0.108. The maximum absolute atomic E-state index is 13.1. The maximum Gasteiger partial charge on any atom is 0.262 e. The van der Waals surface area contributed by atoms with Gasteiger partial charge >= 0.3 is 0 Å². The van der Waals surface area contributed by atoms with Gasteiger partial charge in [0, 0.05) is 6.54 Å². The lowest BCUT2D eigenvalue weighted by Gasteiger charge is -2.19. The van der Waals surface area contributed by atoms with E-state index in [-0.39, 0.29) is 23.3 Å². The van der Waals surface area contributed by atoms with Crippen molar-refractivity contribution in [3.05, 3.63) is 70.3 Å². The second kappa shape index (κ2) is 8.56. The third kappa shape index (κ3) is 4.25. The molecule has 0 spiro atoms. The fourth-order valence-corrected chi connectivity index (χ4v) is 3.88. The van der Waals surface area contributed by atoms with Crippen molar-refractivity contribution in [2.75, 3.05) is 0 Å². The molecule has 2 unspecified atom stereocenters. The minimum atomic E-state index is -0.450. The summed E-state index contributed by atoms with van der Waals surface area (Å²) >= 11 is 1.25. The molecule has 1 N–H and O–H groups in total. The summed E-state index contributed by atoms with van der Waals surface area (Å²) in [5.41, 5.74) is 1.33. The number of thioether (sulfide) groups is 1. The van der Waals surface area contributed by atoms with E-state index in [2.05, 4.69) is 10.3 Å². The Morgan fingerprint density at radius 1 is 1.18 bits per heavy atom. The Balaban J connectivity index is 1.78. The first kappa shape index (κ1) is 20.1. The SMILES string of the molecule is CCn1c(SC(C)C(=O)NC(C)c2ccc(F)cc2)nc2ccccc2c1=O. The Morgan fingerprint density at radius 3 is 2.54 bits per heavy atom. The molecule has 0 radical (unpaired) electrons. The first-order valence-electron chi connectivity index (χ1n) is 9.12. The van der Waals surface area contributed by atoms with E-state index in [0.29, 0.717) is 22.6 Å². The number of fused-ring (bicyclic) bond motifs is 1. The van der Waals surface area contributed by atoms with Crippen LogP contribution in [0.5, 0.6) is 0 Å². The third-order valence-electron chi connectivity index (χ3n) is 4.52. The highest BCUT2D eigenvalue weighted by Crippen LogP contribution is 2.23. The molecule has 1 aromatic heterocycles. The van der Waals surface area contributed by atoms with Crippen LogP contribution in [0.4, 0.5) is 4.39 Å². The van der Waals surface area contributed by atoms with Crippen LogP contribution in [0, 0.1) is 5.82 Å². The lowest BCUT2D eigenvalue weighted by Crippen LogP contribution is -2.33. The van der Waals surface area contributed by atoms with Gasteiger partial charge in [0.05, 0.1) is 22.2 Å². The number of aromatic nitrogens is 2. The number of halogens is 1. The number of carbonyl (C=O) groups excluding carboxylic acids is 1. The van der Waals surface area contributed by atoms with Gasteiger partial charge in [-0.2, -0.15) is 0 Å². The largest absolute Gasteiger partial charge is 0.349 e. The second-order valence-electron chi connectivity index (χ2n) is 6.50. The minimum Gasteiger partial charge on any atom is -0.349 e. The van der Waals surface area contributed by atoms with Crippen molar-refractivity contribution in [2.45, 2.75) is 43.8 Å². The summed E-state index contributed by atoms with van der Waals surface area (Å²) in [5, 5.41) is 3.56. The molecule has 5 nitrogen and oxygen atoms in total. The van der Waals surface area contributed by atoms with Crippen molar-refractivity contribution < 1.29 is 9.18 Å². The van der Waals surface area contributed by atoms with Crippen molar-refractivity contribution in [2.24, 2.45) is 0 Å². The molecule has 7 heteroatoms. The molecule has 2 aromatic carbocycles. The molecule has 1 amide bonds. The Bertz CT molecular complexity index is 1050. The summed E-state index contributed by atoms with van der Waals surface area (Å²) in [7, 11) is 0. The van der Waals surface area contributed by atoms with E-state index in [1.807, 2.05) is 26.0 Å². The molecular weight excluding hydrogens is 377 g/mol. The van der Waals surface area contributed by atoms with Crippen LogP contribution < -0.4 is 10.9 Å². The topological polar surface area (TPSA) is 64.0 Å². The number of benzene rings is 2. The number of amides is 1. The van der Waals surface area contributed by atoms with E-state index in [0.717, 1.165) is 5.56 Å². The standard InChI is InChI=1S/C21H22FN3O2S/c1-4-25-20(27)17-7-5-6-8-18(17)24-21(25)28-14(3)19(26)23-13(2)15-9-11-16(22)12-10-15/h5-14H,4H2,1-3H3,(H,23,26). The zero-order valence-corrected chi connectivity index (χ0v) is 16.8. The predicted octanol–water partition coefficient (Wildman–Crippen LogP) is 3.91. The Labute approximate surface area is 167 Å². The van der Waals surface area contributed by atoms with Crippen LogP contribution in [0.1, 0.15) is 32.4 Å². The number of hydrogen-bond acceptors (Lipinski definition) is 4. The molecule has 2 atom stereocenters. The van der Waals surface area contributed by atoms with Crippen molar-refractivity contribution in [1.29, 1.82) is 0 Å². The van der Waals surface area contributed by atoms with Gasteiger partial charge in [-0.3, -0.25) is 14.2 Å². The van der Waals surface area contributed by atoms with Gasteiger partial charge in [-0.15, -0.1) is 0 Å². The molecule has 0 bridgehead atoms. The summed E-state index contributed by atoms with van der Waals surface area (Å²) in [5.74, 6) is -0.488. The van der Waals surface area contributed by atoms with E-state index in [9.17, 15) is 14.0 Å². The summed E-state index contributed by atoms with van der Waals surface area (Å²) in [6.07, 6.45) is 0. The van der Waals surface area contributed by atoms with Gasteiger partial charge in [-0.25, -0.2) is 9.37 Å². The maximum atomic E-state index is 13.1. The van der Waals surface area contributed by atoms with Crippen LogP contribution in [-0.2, 0) is 11.3 Å². The number of carbonyl (C=O) groups is 1. The average Bonchev–Trinajstić information content (AvgIpc) is 2.68. The number of para-hydroxylation sites is 1. The van der Waals surface area contributed by atoms with Crippen LogP contribution in [0.25, 0.3) is 10.9 Å². The lowest BCUT2D eigenvalue weighted by molar-refractivity contribution is -0.120. The molecule has 0 aliphatic carbocycles. The number of nitrogens with zero attached hydrogens (tertiary/aromatic N) is 2. The molecule has 146 valence electrons. The van der Waals surface area contributed by atoms with Gasteiger partial charge < -0.3 is 5.32 Å². The Hall–Kier alpha value is -2.67. The molecule has 0 fully saturated rings. The molecule has 0 aliphatic heterocycles. The van der Waals surface area contributed by atoms with E-state index in [4.69, 9.17) is 0 Å². The first-order chi connectivity index (χ1) is 13.4. The fraction of sp³-hybridized carbons (Fsp3) is 0.286. The molecule has 28 heavy (non-hydrogen) atoms.